The molecule has 2 atom stereocenters. The standard InChI is InChI=1S/C21H21BrClN5O2S/c1-3-12(2)17(25-20(30)24-16-6-4-5-15(23)11-16)18(29)26-21-28-27-19(31-21)13-7-9-14(22)10-8-13/h4-12,17H,3H2,1-2H3,(H2,24,25,30)(H,26,28,29)/t12-,17-/m1/s1. The Morgan fingerprint density at radius 2 is 1.87 bits per heavy atom. The first-order valence-electron chi connectivity index (χ1n) is 9.59. The Balaban J connectivity index is 1.67. The summed E-state index contributed by atoms with van der Waals surface area (Å²) in [6, 6.07) is 13.2. The smallest absolute Gasteiger partial charge is 0.319 e. The minimum atomic E-state index is -0.746. The van der Waals surface area contributed by atoms with E-state index in [1.54, 1.807) is 24.3 Å². The molecule has 1 aromatic heterocycles. The van der Waals surface area contributed by atoms with Gasteiger partial charge in [0, 0.05) is 20.7 Å². The molecule has 0 aliphatic carbocycles. The highest BCUT2D eigenvalue weighted by Crippen LogP contribution is 2.27. The molecule has 0 saturated heterocycles. The Hall–Kier alpha value is -2.49. The monoisotopic (exact) mass is 521 g/mol. The van der Waals surface area contributed by atoms with Crippen LogP contribution in [-0.2, 0) is 4.79 Å². The fourth-order valence-corrected chi connectivity index (χ4v) is 3.95. The summed E-state index contributed by atoms with van der Waals surface area (Å²) in [5, 5.41) is 18.0. The molecule has 3 N–H and O–H groups in total. The molecule has 0 unspecified atom stereocenters. The van der Waals surface area contributed by atoms with Crippen molar-refractivity contribution in [2.75, 3.05) is 10.6 Å². The van der Waals surface area contributed by atoms with Crippen molar-refractivity contribution in [3.05, 3.63) is 58.0 Å². The number of amides is 3. The minimum absolute atomic E-state index is 0.0935. The van der Waals surface area contributed by atoms with E-state index in [0.29, 0.717) is 27.3 Å². The number of aromatic nitrogens is 2. The highest BCUT2D eigenvalue weighted by atomic mass is 79.9. The van der Waals surface area contributed by atoms with Crippen LogP contribution in [0.2, 0.25) is 5.02 Å². The summed E-state index contributed by atoms with van der Waals surface area (Å²) >= 11 is 10.6. The molecular formula is C21H21BrClN5O2S. The molecule has 0 fully saturated rings. The number of urea groups is 1. The Morgan fingerprint density at radius 3 is 2.55 bits per heavy atom. The number of carbonyl (C=O) groups is 2. The van der Waals surface area contributed by atoms with E-state index in [0.717, 1.165) is 10.0 Å². The van der Waals surface area contributed by atoms with Gasteiger partial charge in [0.15, 0.2) is 0 Å². The van der Waals surface area contributed by atoms with Crippen LogP contribution in [0.25, 0.3) is 10.6 Å². The Kier molecular flexibility index (Phi) is 8.00. The van der Waals surface area contributed by atoms with Crippen LogP contribution in [0.4, 0.5) is 15.6 Å². The van der Waals surface area contributed by atoms with E-state index < -0.39 is 12.1 Å². The van der Waals surface area contributed by atoms with Crippen LogP contribution in [0.5, 0.6) is 0 Å². The molecule has 3 aromatic rings. The Bertz CT molecular complexity index is 1060. The SMILES string of the molecule is CC[C@@H](C)[C@@H](NC(=O)Nc1cccc(Cl)c1)C(=O)Nc1nnc(-c2ccc(Br)cc2)s1. The van der Waals surface area contributed by atoms with E-state index in [4.69, 9.17) is 11.6 Å². The lowest BCUT2D eigenvalue weighted by Crippen LogP contribution is -2.49. The molecule has 0 radical (unpaired) electrons. The fraction of sp³-hybridized carbons (Fsp3) is 0.238. The van der Waals surface area contributed by atoms with Gasteiger partial charge < -0.3 is 10.6 Å². The van der Waals surface area contributed by atoms with Gasteiger partial charge in [0.25, 0.3) is 0 Å². The maximum atomic E-state index is 12.9. The van der Waals surface area contributed by atoms with Gasteiger partial charge in [-0.3, -0.25) is 10.1 Å². The fourth-order valence-electron chi connectivity index (χ4n) is 2.74. The predicted octanol–water partition coefficient (Wildman–Crippen LogP) is 5.80. The van der Waals surface area contributed by atoms with Gasteiger partial charge in [-0.15, -0.1) is 10.2 Å². The number of halogens is 2. The van der Waals surface area contributed by atoms with Gasteiger partial charge in [-0.1, -0.05) is 77.3 Å². The van der Waals surface area contributed by atoms with E-state index in [9.17, 15) is 9.59 Å². The lowest BCUT2D eigenvalue weighted by molar-refractivity contribution is -0.119. The molecule has 0 aliphatic heterocycles. The Morgan fingerprint density at radius 1 is 1.13 bits per heavy atom. The summed E-state index contributed by atoms with van der Waals surface area (Å²) in [7, 11) is 0. The van der Waals surface area contributed by atoms with Crippen molar-refractivity contribution in [2.24, 2.45) is 5.92 Å². The molecule has 0 saturated carbocycles. The van der Waals surface area contributed by atoms with Crippen molar-refractivity contribution < 1.29 is 9.59 Å². The van der Waals surface area contributed by atoms with Crippen molar-refractivity contribution in [1.82, 2.24) is 15.5 Å². The summed E-state index contributed by atoms with van der Waals surface area (Å²) in [5.74, 6) is -0.446. The van der Waals surface area contributed by atoms with E-state index in [-0.39, 0.29) is 11.8 Å². The van der Waals surface area contributed by atoms with Crippen LogP contribution in [0.1, 0.15) is 20.3 Å². The van der Waals surface area contributed by atoms with Crippen LogP contribution in [0.15, 0.2) is 53.0 Å². The maximum absolute atomic E-state index is 12.9. The molecule has 7 nitrogen and oxygen atoms in total. The molecule has 0 spiro atoms. The van der Waals surface area contributed by atoms with Crippen molar-refractivity contribution in [3.8, 4) is 10.6 Å². The molecule has 2 aromatic carbocycles. The molecular weight excluding hydrogens is 502 g/mol. The number of nitrogens with one attached hydrogen (secondary N) is 3. The number of hydrogen-bond donors (Lipinski definition) is 3. The summed E-state index contributed by atoms with van der Waals surface area (Å²) in [5.41, 5.74) is 1.44. The quantitative estimate of drug-likeness (QED) is 0.366. The van der Waals surface area contributed by atoms with E-state index in [1.165, 1.54) is 11.3 Å². The van der Waals surface area contributed by atoms with Gasteiger partial charge in [-0.2, -0.15) is 0 Å². The van der Waals surface area contributed by atoms with Gasteiger partial charge in [0.05, 0.1) is 0 Å². The highest BCUT2D eigenvalue weighted by molar-refractivity contribution is 9.10. The second kappa shape index (κ2) is 10.7. The van der Waals surface area contributed by atoms with Gasteiger partial charge in [-0.25, -0.2) is 4.79 Å². The third-order valence-corrected chi connectivity index (χ3v) is 6.26. The highest BCUT2D eigenvalue weighted by Gasteiger charge is 2.27. The number of rotatable bonds is 7. The van der Waals surface area contributed by atoms with E-state index in [2.05, 4.69) is 42.1 Å². The zero-order valence-electron chi connectivity index (χ0n) is 16.9. The summed E-state index contributed by atoms with van der Waals surface area (Å²) in [6.45, 7) is 3.86. The second-order valence-electron chi connectivity index (χ2n) is 6.88. The first-order valence-corrected chi connectivity index (χ1v) is 11.6. The van der Waals surface area contributed by atoms with E-state index >= 15 is 0 Å². The summed E-state index contributed by atoms with van der Waals surface area (Å²) < 4.78 is 0.966. The normalized spacial score (nSPS) is 12.6. The van der Waals surface area contributed by atoms with Gasteiger partial charge >= 0.3 is 6.03 Å². The maximum Gasteiger partial charge on any atom is 0.319 e. The third-order valence-electron chi connectivity index (χ3n) is 4.61. The molecule has 31 heavy (non-hydrogen) atoms. The minimum Gasteiger partial charge on any atom is -0.326 e. The van der Waals surface area contributed by atoms with Crippen molar-refractivity contribution >= 4 is 61.6 Å². The van der Waals surface area contributed by atoms with Gasteiger partial charge in [0.2, 0.25) is 11.0 Å². The molecule has 3 rings (SSSR count). The van der Waals surface area contributed by atoms with Crippen molar-refractivity contribution in [3.63, 3.8) is 0 Å². The van der Waals surface area contributed by atoms with Crippen LogP contribution in [0.3, 0.4) is 0 Å². The summed E-state index contributed by atoms with van der Waals surface area (Å²) in [6.07, 6.45) is 0.704. The molecule has 10 heteroatoms. The predicted molar refractivity (Wildman–Crippen MR) is 129 cm³/mol. The van der Waals surface area contributed by atoms with Crippen LogP contribution < -0.4 is 16.0 Å². The molecule has 0 aliphatic rings. The average molecular weight is 523 g/mol. The zero-order chi connectivity index (χ0) is 22.4. The van der Waals surface area contributed by atoms with Crippen LogP contribution >= 0.6 is 38.9 Å². The number of carbonyl (C=O) groups excluding carboxylic acids is 2. The first-order chi connectivity index (χ1) is 14.9. The third kappa shape index (κ3) is 6.49. The molecule has 162 valence electrons. The van der Waals surface area contributed by atoms with Crippen LogP contribution in [-0.4, -0.2) is 28.2 Å². The van der Waals surface area contributed by atoms with E-state index in [1.807, 2.05) is 38.1 Å². The number of benzene rings is 2. The number of hydrogen-bond acceptors (Lipinski definition) is 5. The van der Waals surface area contributed by atoms with Crippen LogP contribution in [0, 0.1) is 5.92 Å². The molecule has 0 bridgehead atoms. The number of nitrogens with zero attached hydrogens (tertiary/aromatic N) is 2. The van der Waals surface area contributed by atoms with Crippen molar-refractivity contribution in [1.29, 1.82) is 0 Å². The lowest BCUT2D eigenvalue weighted by Gasteiger charge is -2.23. The largest absolute Gasteiger partial charge is 0.326 e. The zero-order valence-corrected chi connectivity index (χ0v) is 20.0. The number of anilines is 2. The summed E-state index contributed by atoms with van der Waals surface area (Å²) in [4.78, 5) is 25.4. The second-order valence-corrected chi connectivity index (χ2v) is 9.21. The molecule has 3 amide bonds. The average Bonchev–Trinajstić information content (AvgIpc) is 3.20. The topological polar surface area (TPSA) is 96.0 Å². The van der Waals surface area contributed by atoms with Crippen molar-refractivity contribution in [2.45, 2.75) is 26.3 Å². The first kappa shape index (κ1) is 23.2. The Labute approximate surface area is 197 Å². The van der Waals surface area contributed by atoms with Gasteiger partial charge in [0.1, 0.15) is 11.0 Å². The lowest BCUT2D eigenvalue weighted by atomic mass is 9.98. The van der Waals surface area contributed by atoms with Gasteiger partial charge in [-0.05, 0) is 36.2 Å². The molecule has 1 heterocycles.